The molecule has 0 saturated heterocycles. The average Bonchev–Trinajstić information content (AvgIpc) is 3.12. The quantitative estimate of drug-likeness (QED) is 0.168. The average molecular weight is 444 g/mol. The van der Waals surface area contributed by atoms with Crippen LogP contribution in [0, 0.1) is 11.6 Å². The summed E-state index contributed by atoms with van der Waals surface area (Å²) in [5.41, 5.74) is 0.788. The van der Waals surface area contributed by atoms with Gasteiger partial charge < -0.3 is 0 Å². The zero-order chi connectivity index (χ0) is 21.4. The van der Waals surface area contributed by atoms with E-state index in [1.54, 1.807) is 23.6 Å². The second-order valence-electron chi connectivity index (χ2n) is 6.29. The van der Waals surface area contributed by atoms with Crippen molar-refractivity contribution in [3.8, 4) is 16.8 Å². The number of hydrogen-bond acceptors (Lipinski definition) is 6. The Balaban J connectivity index is 2.01. The van der Waals surface area contributed by atoms with Crippen LogP contribution in [0.4, 0.5) is 8.78 Å². The van der Waals surface area contributed by atoms with Crippen LogP contribution in [0.15, 0.2) is 63.9 Å². The zero-order valence-corrected chi connectivity index (χ0v) is 17.1. The first-order chi connectivity index (χ1) is 14.3. The molecule has 0 aliphatic carbocycles. The van der Waals surface area contributed by atoms with Gasteiger partial charge in [-0.2, -0.15) is 0 Å². The topological polar surface area (TPSA) is 81.2 Å². The van der Waals surface area contributed by atoms with Crippen molar-refractivity contribution in [1.82, 2.24) is 14.0 Å². The predicted molar refractivity (Wildman–Crippen MR) is 113 cm³/mol. The van der Waals surface area contributed by atoms with Gasteiger partial charge in [-0.15, -0.1) is 11.3 Å². The molecule has 0 aliphatic rings. The number of nitrogens with zero attached hydrogens (tertiary/aromatic N) is 3. The molecule has 1 amide bonds. The number of hydrogen-bond donors (Lipinski definition) is 1. The molecule has 0 aliphatic heterocycles. The van der Waals surface area contributed by atoms with E-state index in [-0.39, 0.29) is 16.2 Å². The van der Waals surface area contributed by atoms with Crippen molar-refractivity contribution < 1.29 is 13.6 Å². The lowest BCUT2D eigenvalue weighted by Gasteiger charge is -2.16. The highest BCUT2D eigenvalue weighted by Crippen LogP contribution is 2.33. The molecule has 6 nitrogen and oxygen atoms in total. The molecule has 4 aromatic rings. The summed E-state index contributed by atoms with van der Waals surface area (Å²) in [6.45, 7) is 1.27. The van der Waals surface area contributed by atoms with Crippen LogP contribution in [0.3, 0.4) is 0 Å². The Labute approximate surface area is 177 Å². The third-order valence-electron chi connectivity index (χ3n) is 4.27. The fraction of sp³-hybridized carbons (Fsp3) is 0.0500. The number of aromatic nitrogens is 2. The van der Waals surface area contributed by atoms with Crippen molar-refractivity contribution in [2.45, 2.75) is 12.1 Å². The number of hydrazine groups is 1. The summed E-state index contributed by atoms with van der Waals surface area (Å²) in [5.74, 6) is 4.29. The van der Waals surface area contributed by atoms with Gasteiger partial charge in [0.05, 0.1) is 11.1 Å². The van der Waals surface area contributed by atoms with Crippen LogP contribution < -0.4 is 11.4 Å². The van der Waals surface area contributed by atoms with Gasteiger partial charge in [-0.25, -0.2) is 24.0 Å². The maximum atomic E-state index is 13.9. The van der Waals surface area contributed by atoms with Crippen LogP contribution >= 0.6 is 23.3 Å². The van der Waals surface area contributed by atoms with E-state index in [4.69, 9.17) is 5.84 Å². The van der Waals surface area contributed by atoms with Gasteiger partial charge in [-0.05, 0) is 35.9 Å². The first-order valence-corrected chi connectivity index (χ1v) is 10.3. The Kier molecular flexibility index (Phi) is 5.37. The van der Waals surface area contributed by atoms with E-state index >= 15 is 0 Å². The van der Waals surface area contributed by atoms with Gasteiger partial charge in [0.25, 0.3) is 5.56 Å². The maximum Gasteiger partial charge on any atom is 0.268 e. The standard InChI is InChI=1S/C20H14F2N4O2S2/c1-11(27)26(23)30-20-24-18-17(16(10-29-18)12-4-2-5-13(21)8-12)19(28)25(20)15-7-3-6-14(22)9-15/h2-10H,23H2,1H3. The zero-order valence-electron chi connectivity index (χ0n) is 15.5. The number of nitrogens with two attached hydrogens (primary N) is 1. The number of thiophene rings is 1. The Hall–Kier alpha value is -3.08. The Morgan fingerprint density at radius 1 is 1.17 bits per heavy atom. The molecule has 152 valence electrons. The smallest absolute Gasteiger partial charge is 0.268 e. The maximum absolute atomic E-state index is 13.9. The number of benzene rings is 2. The normalized spacial score (nSPS) is 11.1. The van der Waals surface area contributed by atoms with Gasteiger partial charge >= 0.3 is 0 Å². The molecule has 10 heteroatoms. The third kappa shape index (κ3) is 3.72. The van der Waals surface area contributed by atoms with Crippen LogP contribution in [0.2, 0.25) is 0 Å². The molecule has 2 N–H and O–H groups in total. The van der Waals surface area contributed by atoms with Crippen LogP contribution in [-0.4, -0.2) is 19.9 Å². The number of carbonyl (C=O) groups is 1. The summed E-state index contributed by atoms with van der Waals surface area (Å²) >= 11 is 1.96. The number of carbonyl (C=O) groups excluding carboxylic acids is 1. The van der Waals surface area contributed by atoms with Crippen LogP contribution in [0.5, 0.6) is 0 Å². The number of halogens is 2. The molecule has 2 aromatic heterocycles. The monoisotopic (exact) mass is 444 g/mol. The van der Waals surface area contributed by atoms with E-state index in [2.05, 4.69) is 4.98 Å². The Morgan fingerprint density at radius 3 is 2.53 bits per heavy atom. The van der Waals surface area contributed by atoms with Crippen LogP contribution in [-0.2, 0) is 4.79 Å². The minimum atomic E-state index is -0.540. The second-order valence-corrected chi connectivity index (χ2v) is 8.09. The molecule has 0 spiro atoms. The summed E-state index contributed by atoms with van der Waals surface area (Å²) in [6.07, 6.45) is 0. The van der Waals surface area contributed by atoms with Crippen molar-refractivity contribution in [1.29, 1.82) is 0 Å². The SMILES string of the molecule is CC(=O)N(N)Sc1nc2scc(-c3cccc(F)c3)c2c(=O)n1-c1cccc(F)c1. The highest BCUT2D eigenvalue weighted by atomic mass is 32.2. The van der Waals surface area contributed by atoms with E-state index in [1.165, 1.54) is 53.2 Å². The number of fused-ring (bicyclic) bond motifs is 1. The highest BCUT2D eigenvalue weighted by Gasteiger charge is 2.21. The molecule has 2 heterocycles. The summed E-state index contributed by atoms with van der Waals surface area (Å²) in [5, 5.41) is 2.08. The molecule has 0 atom stereocenters. The van der Waals surface area contributed by atoms with E-state index in [9.17, 15) is 18.4 Å². The van der Waals surface area contributed by atoms with Crippen molar-refractivity contribution in [3.05, 3.63) is 75.9 Å². The summed E-state index contributed by atoms with van der Waals surface area (Å²) < 4.78 is 29.6. The van der Waals surface area contributed by atoms with E-state index in [0.717, 1.165) is 16.4 Å². The summed E-state index contributed by atoms with van der Waals surface area (Å²) in [7, 11) is 0. The fourth-order valence-electron chi connectivity index (χ4n) is 2.90. The van der Waals surface area contributed by atoms with Gasteiger partial charge in [0.2, 0.25) is 5.91 Å². The lowest BCUT2D eigenvalue weighted by atomic mass is 10.1. The lowest BCUT2D eigenvalue weighted by molar-refractivity contribution is -0.124. The predicted octanol–water partition coefficient (Wildman–Crippen LogP) is 4.12. The molecule has 4 rings (SSSR count). The summed E-state index contributed by atoms with van der Waals surface area (Å²) in [6, 6.07) is 11.3. The van der Waals surface area contributed by atoms with Crippen LogP contribution in [0.1, 0.15) is 6.92 Å². The van der Waals surface area contributed by atoms with Gasteiger partial charge in [-0.3, -0.25) is 14.2 Å². The van der Waals surface area contributed by atoms with E-state index in [1.807, 2.05) is 0 Å². The minimum Gasteiger partial charge on any atom is -0.273 e. The number of amides is 1. The van der Waals surface area contributed by atoms with Gasteiger partial charge in [0.15, 0.2) is 5.16 Å². The molecule has 0 radical (unpaired) electrons. The molecular formula is C20H14F2N4O2S2. The van der Waals surface area contributed by atoms with Crippen molar-refractivity contribution in [2.75, 3.05) is 0 Å². The summed E-state index contributed by atoms with van der Waals surface area (Å²) in [4.78, 5) is 30.0. The van der Waals surface area contributed by atoms with Gasteiger partial charge in [-0.1, -0.05) is 18.2 Å². The fourth-order valence-corrected chi connectivity index (χ4v) is 4.60. The van der Waals surface area contributed by atoms with Crippen molar-refractivity contribution in [2.24, 2.45) is 5.84 Å². The van der Waals surface area contributed by atoms with Crippen molar-refractivity contribution in [3.63, 3.8) is 0 Å². The molecule has 0 bridgehead atoms. The molecular weight excluding hydrogens is 430 g/mol. The largest absolute Gasteiger partial charge is 0.273 e. The van der Waals surface area contributed by atoms with E-state index < -0.39 is 23.1 Å². The number of rotatable bonds is 4. The Morgan fingerprint density at radius 2 is 1.87 bits per heavy atom. The van der Waals surface area contributed by atoms with Gasteiger partial charge in [0.1, 0.15) is 16.5 Å². The molecule has 2 aromatic carbocycles. The highest BCUT2D eigenvalue weighted by molar-refractivity contribution is 7.97. The van der Waals surface area contributed by atoms with Crippen molar-refractivity contribution >= 4 is 39.4 Å². The first-order valence-electron chi connectivity index (χ1n) is 8.64. The molecule has 0 fully saturated rings. The third-order valence-corrected chi connectivity index (χ3v) is 6.03. The minimum absolute atomic E-state index is 0.100. The van der Waals surface area contributed by atoms with Crippen LogP contribution in [0.25, 0.3) is 27.0 Å². The molecule has 0 unspecified atom stereocenters. The first kappa shape index (κ1) is 20.2. The lowest BCUT2D eigenvalue weighted by Crippen LogP contribution is -2.30. The second kappa shape index (κ2) is 7.98. The molecule has 30 heavy (non-hydrogen) atoms. The van der Waals surface area contributed by atoms with Gasteiger partial charge in [0, 0.05) is 29.8 Å². The molecule has 0 saturated carbocycles. The van der Waals surface area contributed by atoms with E-state index in [0.29, 0.717) is 16.0 Å². The Bertz CT molecular complexity index is 1340.